The number of nitrogens with one attached hydrogen (secondary N) is 2. The van der Waals surface area contributed by atoms with Crippen LogP contribution in [-0.2, 0) is 7.05 Å². The standard InChI is InChI=1S/C20H20N4O3/c1-24-16(14-7-3-2-4-8-14)11-19(23-24)22-20(25)21-12-15-13-26-17-9-5-6-10-18(17)27-15/h2-11,15H,12-13H2,1H3,(H2,21,22,23,25). The van der Waals surface area contributed by atoms with Crippen molar-refractivity contribution in [2.45, 2.75) is 6.10 Å². The number of carbonyl (C=O) groups excluding carboxylic acids is 1. The molecule has 1 aromatic heterocycles. The Morgan fingerprint density at radius 3 is 2.70 bits per heavy atom. The van der Waals surface area contributed by atoms with Gasteiger partial charge >= 0.3 is 6.03 Å². The van der Waals surface area contributed by atoms with Crippen LogP contribution >= 0.6 is 0 Å². The monoisotopic (exact) mass is 364 g/mol. The minimum absolute atomic E-state index is 0.241. The van der Waals surface area contributed by atoms with Crippen LogP contribution < -0.4 is 20.1 Å². The number of fused-ring (bicyclic) bond motifs is 1. The molecule has 1 aliphatic heterocycles. The van der Waals surface area contributed by atoms with Gasteiger partial charge in [-0.2, -0.15) is 5.10 Å². The highest BCUT2D eigenvalue weighted by molar-refractivity contribution is 5.88. The van der Waals surface area contributed by atoms with Crippen molar-refractivity contribution in [2.24, 2.45) is 7.05 Å². The van der Waals surface area contributed by atoms with Crippen LogP contribution in [0.15, 0.2) is 60.7 Å². The first kappa shape index (κ1) is 17.0. The number of rotatable bonds is 4. The molecule has 0 saturated carbocycles. The molecule has 2 amide bonds. The van der Waals surface area contributed by atoms with Gasteiger partial charge in [0.05, 0.1) is 12.2 Å². The summed E-state index contributed by atoms with van der Waals surface area (Å²) in [6.45, 7) is 0.720. The number of nitrogens with zero attached hydrogens (tertiary/aromatic N) is 2. The number of hydrogen-bond donors (Lipinski definition) is 2. The molecule has 0 aliphatic carbocycles. The maximum Gasteiger partial charge on any atom is 0.320 e. The number of para-hydroxylation sites is 2. The molecule has 1 unspecified atom stereocenters. The molecule has 0 fully saturated rings. The van der Waals surface area contributed by atoms with Gasteiger partial charge in [-0.1, -0.05) is 42.5 Å². The van der Waals surface area contributed by atoms with E-state index in [1.165, 1.54) is 0 Å². The molecule has 0 spiro atoms. The Morgan fingerprint density at radius 1 is 1.15 bits per heavy atom. The fourth-order valence-electron chi connectivity index (χ4n) is 2.94. The second-order valence-electron chi connectivity index (χ2n) is 6.24. The maximum absolute atomic E-state index is 12.2. The van der Waals surface area contributed by atoms with Crippen LogP contribution in [0.2, 0.25) is 0 Å². The van der Waals surface area contributed by atoms with E-state index in [0.29, 0.717) is 24.7 Å². The smallest absolute Gasteiger partial charge is 0.320 e. The second kappa shape index (κ2) is 7.41. The molecule has 3 aromatic rings. The molecule has 138 valence electrons. The average Bonchev–Trinajstić information content (AvgIpc) is 3.07. The summed E-state index contributed by atoms with van der Waals surface area (Å²) < 4.78 is 13.2. The molecule has 7 heteroatoms. The number of hydrogen-bond acceptors (Lipinski definition) is 4. The molecule has 2 aromatic carbocycles. The van der Waals surface area contributed by atoms with Gasteiger partial charge in [-0.05, 0) is 17.7 Å². The van der Waals surface area contributed by atoms with Crippen molar-refractivity contribution in [3.8, 4) is 22.8 Å². The summed E-state index contributed by atoms with van der Waals surface area (Å²) in [6, 6.07) is 18.9. The van der Waals surface area contributed by atoms with Gasteiger partial charge in [-0.25, -0.2) is 4.79 Å². The van der Waals surface area contributed by atoms with Gasteiger partial charge in [0.1, 0.15) is 6.61 Å². The van der Waals surface area contributed by atoms with Crippen LogP contribution in [0, 0.1) is 0 Å². The van der Waals surface area contributed by atoms with Crippen molar-refractivity contribution in [2.75, 3.05) is 18.5 Å². The Hall–Kier alpha value is -3.48. The molecular formula is C20H20N4O3. The third kappa shape index (κ3) is 3.87. The van der Waals surface area contributed by atoms with E-state index in [0.717, 1.165) is 17.0 Å². The Bertz CT molecular complexity index is 939. The number of benzene rings is 2. The van der Waals surface area contributed by atoms with E-state index >= 15 is 0 Å². The number of ether oxygens (including phenoxy) is 2. The number of aryl methyl sites for hydroxylation is 1. The van der Waals surface area contributed by atoms with Crippen LogP contribution in [0.25, 0.3) is 11.3 Å². The zero-order chi connectivity index (χ0) is 18.6. The van der Waals surface area contributed by atoms with Gasteiger partial charge in [0.2, 0.25) is 0 Å². The fraction of sp³-hybridized carbons (Fsp3) is 0.200. The maximum atomic E-state index is 12.2. The number of amides is 2. The van der Waals surface area contributed by atoms with Crippen LogP contribution in [-0.4, -0.2) is 35.1 Å². The summed E-state index contributed by atoms with van der Waals surface area (Å²) in [5, 5.41) is 9.89. The average molecular weight is 364 g/mol. The third-order valence-corrected chi connectivity index (χ3v) is 4.25. The lowest BCUT2D eigenvalue weighted by Crippen LogP contribution is -2.42. The van der Waals surface area contributed by atoms with E-state index in [4.69, 9.17) is 9.47 Å². The molecule has 27 heavy (non-hydrogen) atoms. The normalized spacial score (nSPS) is 15.2. The predicted molar refractivity (Wildman–Crippen MR) is 102 cm³/mol. The Balaban J connectivity index is 1.33. The van der Waals surface area contributed by atoms with Gasteiger partial charge in [0, 0.05) is 13.1 Å². The van der Waals surface area contributed by atoms with Crippen LogP contribution in [0.1, 0.15) is 0 Å². The lowest BCUT2D eigenvalue weighted by molar-refractivity contribution is 0.0922. The number of aromatic nitrogens is 2. The molecule has 4 rings (SSSR count). The highest BCUT2D eigenvalue weighted by Gasteiger charge is 2.21. The first-order chi connectivity index (χ1) is 13.2. The van der Waals surface area contributed by atoms with Crippen molar-refractivity contribution in [3.05, 3.63) is 60.7 Å². The topological polar surface area (TPSA) is 77.4 Å². The highest BCUT2D eigenvalue weighted by Crippen LogP contribution is 2.30. The second-order valence-corrected chi connectivity index (χ2v) is 6.24. The quantitative estimate of drug-likeness (QED) is 0.746. The minimum Gasteiger partial charge on any atom is -0.486 e. The molecule has 1 atom stereocenters. The molecule has 2 heterocycles. The van der Waals surface area contributed by atoms with Gasteiger partial charge in [-0.3, -0.25) is 10.00 Å². The van der Waals surface area contributed by atoms with E-state index in [1.807, 2.05) is 67.7 Å². The summed E-state index contributed by atoms with van der Waals surface area (Å²) in [5.41, 5.74) is 1.96. The lowest BCUT2D eigenvalue weighted by atomic mass is 10.1. The molecule has 1 aliphatic rings. The van der Waals surface area contributed by atoms with E-state index in [-0.39, 0.29) is 12.1 Å². The zero-order valence-corrected chi connectivity index (χ0v) is 14.9. The van der Waals surface area contributed by atoms with Crippen molar-refractivity contribution in [3.63, 3.8) is 0 Å². The van der Waals surface area contributed by atoms with Crippen molar-refractivity contribution >= 4 is 11.8 Å². The molecule has 2 N–H and O–H groups in total. The number of urea groups is 1. The Labute approximate surface area is 156 Å². The number of anilines is 1. The minimum atomic E-state index is -0.338. The summed E-state index contributed by atoms with van der Waals surface area (Å²) in [7, 11) is 1.84. The van der Waals surface area contributed by atoms with E-state index in [2.05, 4.69) is 15.7 Å². The SMILES string of the molecule is Cn1nc(NC(=O)NCC2COc3ccccc3O2)cc1-c1ccccc1. The molecule has 0 saturated heterocycles. The fourth-order valence-corrected chi connectivity index (χ4v) is 2.94. The van der Waals surface area contributed by atoms with Gasteiger partial charge in [0.15, 0.2) is 23.4 Å². The first-order valence-corrected chi connectivity index (χ1v) is 8.72. The van der Waals surface area contributed by atoms with E-state index in [9.17, 15) is 4.79 Å². The van der Waals surface area contributed by atoms with Crippen molar-refractivity contribution < 1.29 is 14.3 Å². The summed E-state index contributed by atoms with van der Waals surface area (Å²) >= 11 is 0. The predicted octanol–water partition coefficient (Wildman–Crippen LogP) is 3.05. The molecule has 0 bridgehead atoms. The zero-order valence-electron chi connectivity index (χ0n) is 14.9. The molecular weight excluding hydrogens is 344 g/mol. The summed E-state index contributed by atoms with van der Waals surface area (Å²) in [4.78, 5) is 12.2. The van der Waals surface area contributed by atoms with E-state index in [1.54, 1.807) is 4.68 Å². The van der Waals surface area contributed by atoms with E-state index < -0.39 is 0 Å². The Morgan fingerprint density at radius 2 is 1.89 bits per heavy atom. The van der Waals surface area contributed by atoms with Crippen LogP contribution in [0.3, 0.4) is 0 Å². The lowest BCUT2D eigenvalue weighted by Gasteiger charge is -2.26. The third-order valence-electron chi connectivity index (χ3n) is 4.25. The number of carbonyl (C=O) groups is 1. The highest BCUT2D eigenvalue weighted by atomic mass is 16.6. The van der Waals surface area contributed by atoms with Crippen molar-refractivity contribution in [1.82, 2.24) is 15.1 Å². The molecule has 7 nitrogen and oxygen atoms in total. The molecule has 0 radical (unpaired) electrons. The van der Waals surface area contributed by atoms with Crippen LogP contribution in [0.4, 0.5) is 10.6 Å². The largest absolute Gasteiger partial charge is 0.486 e. The van der Waals surface area contributed by atoms with Gasteiger partial charge in [0.25, 0.3) is 0 Å². The van der Waals surface area contributed by atoms with Crippen LogP contribution in [0.5, 0.6) is 11.5 Å². The first-order valence-electron chi connectivity index (χ1n) is 8.72. The summed E-state index contributed by atoms with van der Waals surface area (Å²) in [5.74, 6) is 1.90. The van der Waals surface area contributed by atoms with Gasteiger partial charge in [-0.15, -0.1) is 0 Å². The van der Waals surface area contributed by atoms with Gasteiger partial charge < -0.3 is 14.8 Å². The summed E-state index contributed by atoms with van der Waals surface area (Å²) in [6.07, 6.45) is -0.241. The van der Waals surface area contributed by atoms with Crippen molar-refractivity contribution in [1.29, 1.82) is 0 Å². The Kier molecular flexibility index (Phi) is 4.65.